The molecular weight excluding hydrogens is 365 g/mol. The SMILES string of the molecule is CC(C)(C)c1nc(CC(=O)NCC(N)c2ccccc2)cs1.Cl.Cl. The zero-order chi connectivity index (χ0) is 16.2. The van der Waals surface area contributed by atoms with Crippen LogP contribution < -0.4 is 11.1 Å². The van der Waals surface area contributed by atoms with Gasteiger partial charge in [-0.2, -0.15) is 0 Å². The van der Waals surface area contributed by atoms with Crippen LogP contribution in [0.4, 0.5) is 0 Å². The normalized spacial score (nSPS) is 11.8. The minimum atomic E-state index is -0.189. The summed E-state index contributed by atoms with van der Waals surface area (Å²) in [5, 5.41) is 5.89. The van der Waals surface area contributed by atoms with Gasteiger partial charge in [-0.1, -0.05) is 51.1 Å². The summed E-state index contributed by atoms with van der Waals surface area (Å²) < 4.78 is 0. The van der Waals surface area contributed by atoms with Gasteiger partial charge in [0.1, 0.15) is 0 Å². The molecule has 3 N–H and O–H groups in total. The van der Waals surface area contributed by atoms with Crippen molar-refractivity contribution in [3.8, 4) is 0 Å². The third-order valence-corrected chi connectivity index (χ3v) is 4.60. The van der Waals surface area contributed by atoms with Crippen molar-refractivity contribution in [3.05, 3.63) is 52.0 Å². The highest BCUT2D eigenvalue weighted by Gasteiger charge is 2.18. The van der Waals surface area contributed by atoms with Crippen LogP contribution in [0.2, 0.25) is 0 Å². The minimum absolute atomic E-state index is 0. The van der Waals surface area contributed by atoms with Gasteiger partial charge in [-0.15, -0.1) is 36.2 Å². The fraction of sp³-hybridized carbons (Fsp3) is 0.412. The lowest BCUT2D eigenvalue weighted by molar-refractivity contribution is -0.120. The zero-order valence-electron chi connectivity index (χ0n) is 14.1. The molecule has 0 aliphatic rings. The highest BCUT2D eigenvalue weighted by atomic mass is 35.5. The molecule has 0 aliphatic carbocycles. The van der Waals surface area contributed by atoms with Gasteiger partial charge in [0, 0.05) is 23.4 Å². The highest BCUT2D eigenvalue weighted by Crippen LogP contribution is 2.25. The van der Waals surface area contributed by atoms with Gasteiger partial charge in [0.05, 0.1) is 17.1 Å². The molecule has 1 aromatic carbocycles. The fourth-order valence-corrected chi connectivity index (χ4v) is 2.91. The molecule has 1 atom stereocenters. The summed E-state index contributed by atoms with van der Waals surface area (Å²) in [5.41, 5.74) is 7.93. The Bertz CT molecular complexity index is 626. The first kappa shape index (κ1) is 22.9. The number of amides is 1. The van der Waals surface area contributed by atoms with Gasteiger partial charge >= 0.3 is 0 Å². The summed E-state index contributed by atoms with van der Waals surface area (Å²) in [7, 11) is 0. The Kier molecular flexibility index (Phi) is 9.51. The molecule has 1 heterocycles. The summed E-state index contributed by atoms with van der Waals surface area (Å²) in [6.07, 6.45) is 0.300. The summed E-state index contributed by atoms with van der Waals surface area (Å²) in [6.45, 7) is 6.79. The number of carbonyl (C=O) groups excluding carboxylic acids is 1. The van der Waals surface area contributed by atoms with Crippen LogP contribution in [0.1, 0.15) is 43.1 Å². The van der Waals surface area contributed by atoms with Crippen molar-refractivity contribution in [1.82, 2.24) is 10.3 Å². The van der Waals surface area contributed by atoms with E-state index in [4.69, 9.17) is 5.73 Å². The van der Waals surface area contributed by atoms with Crippen LogP contribution >= 0.6 is 36.2 Å². The molecule has 0 bridgehead atoms. The smallest absolute Gasteiger partial charge is 0.226 e. The van der Waals surface area contributed by atoms with Crippen LogP contribution in [0.3, 0.4) is 0 Å². The highest BCUT2D eigenvalue weighted by molar-refractivity contribution is 7.09. The molecule has 1 amide bonds. The second-order valence-corrected chi connectivity index (χ2v) is 7.25. The first-order valence-electron chi connectivity index (χ1n) is 7.38. The van der Waals surface area contributed by atoms with E-state index in [1.165, 1.54) is 0 Å². The second-order valence-electron chi connectivity index (χ2n) is 6.39. The Labute approximate surface area is 160 Å². The van der Waals surface area contributed by atoms with E-state index in [0.29, 0.717) is 13.0 Å². The number of halogens is 2. The molecule has 1 unspecified atom stereocenters. The van der Waals surface area contributed by atoms with E-state index < -0.39 is 0 Å². The largest absolute Gasteiger partial charge is 0.354 e. The maximum absolute atomic E-state index is 12.0. The average molecular weight is 390 g/mol. The Balaban J connectivity index is 0.00000264. The fourth-order valence-electron chi connectivity index (χ4n) is 2.00. The van der Waals surface area contributed by atoms with Crippen LogP contribution in [0.25, 0.3) is 0 Å². The first-order valence-corrected chi connectivity index (χ1v) is 8.26. The third kappa shape index (κ3) is 6.77. The molecule has 0 saturated heterocycles. The number of nitrogens with zero attached hydrogens (tertiary/aromatic N) is 1. The number of benzene rings is 1. The molecule has 2 rings (SSSR count). The van der Waals surface area contributed by atoms with Gasteiger partial charge in [-0.3, -0.25) is 4.79 Å². The molecule has 0 saturated carbocycles. The topological polar surface area (TPSA) is 68.0 Å². The molecule has 1 aromatic heterocycles. The second kappa shape index (κ2) is 9.99. The van der Waals surface area contributed by atoms with E-state index >= 15 is 0 Å². The van der Waals surface area contributed by atoms with Crippen LogP contribution in [0.15, 0.2) is 35.7 Å². The van der Waals surface area contributed by atoms with Crippen molar-refractivity contribution in [2.24, 2.45) is 5.73 Å². The molecule has 0 radical (unpaired) electrons. The lowest BCUT2D eigenvalue weighted by atomic mass is 9.98. The number of nitrogens with one attached hydrogen (secondary N) is 1. The molecule has 0 spiro atoms. The van der Waals surface area contributed by atoms with Crippen molar-refractivity contribution in [1.29, 1.82) is 0 Å². The van der Waals surface area contributed by atoms with Gasteiger partial charge in [0.25, 0.3) is 0 Å². The Hall–Kier alpha value is -1.14. The number of hydrogen-bond donors (Lipinski definition) is 2. The molecule has 0 fully saturated rings. The van der Waals surface area contributed by atoms with Gasteiger partial charge < -0.3 is 11.1 Å². The van der Waals surface area contributed by atoms with Crippen LogP contribution in [0, 0.1) is 0 Å². The average Bonchev–Trinajstić information content (AvgIpc) is 2.94. The number of hydrogen-bond acceptors (Lipinski definition) is 4. The van der Waals surface area contributed by atoms with Crippen molar-refractivity contribution >= 4 is 42.1 Å². The molecule has 0 aliphatic heterocycles. The molecular formula is C17H25Cl2N3OS. The van der Waals surface area contributed by atoms with Crippen molar-refractivity contribution in [3.63, 3.8) is 0 Å². The quantitative estimate of drug-likeness (QED) is 0.819. The predicted octanol–water partition coefficient (Wildman–Crippen LogP) is 3.64. The summed E-state index contributed by atoms with van der Waals surface area (Å²) >= 11 is 1.60. The summed E-state index contributed by atoms with van der Waals surface area (Å²) in [5.74, 6) is -0.0443. The summed E-state index contributed by atoms with van der Waals surface area (Å²) in [6, 6.07) is 9.58. The summed E-state index contributed by atoms with van der Waals surface area (Å²) in [4.78, 5) is 16.5. The molecule has 134 valence electrons. The predicted molar refractivity (Wildman–Crippen MR) is 105 cm³/mol. The third-order valence-electron chi connectivity index (χ3n) is 3.28. The van der Waals surface area contributed by atoms with Crippen molar-refractivity contribution < 1.29 is 4.79 Å². The van der Waals surface area contributed by atoms with Crippen LogP contribution in [-0.4, -0.2) is 17.4 Å². The van der Waals surface area contributed by atoms with E-state index in [9.17, 15) is 4.79 Å². The Morgan fingerprint density at radius 2 is 1.88 bits per heavy atom. The van der Waals surface area contributed by atoms with Gasteiger partial charge in [-0.25, -0.2) is 4.98 Å². The number of nitrogens with two attached hydrogens (primary N) is 1. The molecule has 2 aromatic rings. The van der Waals surface area contributed by atoms with Crippen LogP contribution in [-0.2, 0) is 16.6 Å². The van der Waals surface area contributed by atoms with E-state index in [-0.39, 0.29) is 42.2 Å². The van der Waals surface area contributed by atoms with E-state index in [0.717, 1.165) is 16.3 Å². The number of thiazole rings is 1. The van der Waals surface area contributed by atoms with Gasteiger partial charge in [-0.05, 0) is 5.56 Å². The zero-order valence-corrected chi connectivity index (χ0v) is 16.6. The van der Waals surface area contributed by atoms with Crippen LogP contribution in [0.5, 0.6) is 0 Å². The van der Waals surface area contributed by atoms with E-state index in [1.54, 1.807) is 11.3 Å². The molecule has 24 heavy (non-hydrogen) atoms. The van der Waals surface area contributed by atoms with E-state index in [1.807, 2.05) is 35.7 Å². The standard InChI is InChI=1S/C17H23N3OS.2ClH/c1-17(2,3)16-20-13(11-22-16)9-15(21)19-10-14(18)12-7-5-4-6-8-12;;/h4-8,11,14H,9-10,18H2,1-3H3,(H,19,21);2*1H. The lowest BCUT2D eigenvalue weighted by Gasteiger charge is -2.14. The van der Waals surface area contributed by atoms with Gasteiger partial charge in [0.2, 0.25) is 5.91 Å². The first-order chi connectivity index (χ1) is 10.4. The minimum Gasteiger partial charge on any atom is -0.354 e. The van der Waals surface area contributed by atoms with Gasteiger partial charge in [0.15, 0.2) is 0 Å². The molecule has 4 nitrogen and oxygen atoms in total. The maximum Gasteiger partial charge on any atom is 0.226 e. The molecule has 7 heteroatoms. The Morgan fingerprint density at radius 3 is 2.42 bits per heavy atom. The monoisotopic (exact) mass is 389 g/mol. The van der Waals surface area contributed by atoms with Crippen molar-refractivity contribution in [2.45, 2.75) is 38.6 Å². The maximum atomic E-state index is 12.0. The van der Waals surface area contributed by atoms with Crippen molar-refractivity contribution in [2.75, 3.05) is 6.54 Å². The number of rotatable bonds is 5. The number of aromatic nitrogens is 1. The Morgan fingerprint density at radius 1 is 1.25 bits per heavy atom. The van der Waals surface area contributed by atoms with E-state index in [2.05, 4.69) is 31.1 Å². The number of carbonyl (C=O) groups is 1. The lowest BCUT2D eigenvalue weighted by Crippen LogP contribution is -2.32.